The highest BCUT2D eigenvalue weighted by atomic mass is 32.1. The van der Waals surface area contributed by atoms with Gasteiger partial charge in [-0.3, -0.25) is 9.98 Å². The first-order valence-electron chi connectivity index (χ1n) is 7.73. The van der Waals surface area contributed by atoms with Crippen molar-refractivity contribution in [3.8, 4) is 17.0 Å². The van der Waals surface area contributed by atoms with E-state index in [0.29, 0.717) is 6.54 Å². The summed E-state index contributed by atoms with van der Waals surface area (Å²) in [6.45, 7) is 4.27. The fourth-order valence-corrected chi connectivity index (χ4v) is 3.12. The van der Waals surface area contributed by atoms with E-state index < -0.39 is 0 Å². The first kappa shape index (κ1) is 16.9. The van der Waals surface area contributed by atoms with Crippen molar-refractivity contribution in [2.24, 2.45) is 10.1 Å². The van der Waals surface area contributed by atoms with E-state index in [4.69, 9.17) is 4.74 Å². The minimum Gasteiger partial charge on any atom is -0.496 e. The third-order valence-electron chi connectivity index (χ3n) is 3.45. The largest absolute Gasteiger partial charge is 0.496 e. The van der Waals surface area contributed by atoms with E-state index in [1.54, 1.807) is 31.8 Å². The topological polar surface area (TPSA) is 51.8 Å². The standard InChI is InChI=1S/C19H18N4OS/c1-3-10-21-19-23(22-13-15-8-11-20-12-9-15)17(14-25-19)16-6-4-5-7-18(16)24-2/h3-9,11-14H,1,10H2,2H3. The Morgan fingerprint density at radius 2 is 2.04 bits per heavy atom. The molecule has 3 rings (SSSR count). The summed E-state index contributed by atoms with van der Waals surface area (Å²) in [6.07, 6.45) is 7.03. The normalized spacial score (nSPS) is 11.8. The molecule has 2 heterocycles. The molecular weight excluding hydrogens is 332 g/mol. The van der Waals surface area contributed by atoms with Crippen LogP contribution in [-0.2, 0) is 0 Å². The van der Waals surface area contributed by atoms with Crippen LogP contribution in [0, 0.1) is 0 Å². The summed E-state index contributed by atoms with van der Waals surface area (Å²) < 4.78 is 7.32. The number of hydrogen-bond acceptors (Lipinski definition) is 5. The average molecular weight is 350 g/mol. The van der Waals surface area contributed by atoms with E-state index in [-0.39, 0.29) is 0 Å². The van der Waals surface area contributed by atoms with Crippen LogP contribution < -0.4 is 9.54 Å². The maximum absolute atomic E-state index is 5.49. The molecule has 0 saturated heterocycles. The number of pyridine rings is 1. The molecule has 25 heavy (non-hydrogen) atoms. The molecule has 0 aliphatic rings. The van der Waals surface area contributed by atoms with Crippen molar-refractivity contribution in [1.82, 2.24) is 9.66 Å². The minimum atomic E-state index is 0.538. The summed E-state index contributed by atoms with van der Waals surface area (Å²) in [5, 5.41) is 6.66. The molecule has 0 fully saturated rings. The molecule has 0 aliphatic carbocycles. The number of para-hydroxylation sites is 1. The molecule has 5 nitrogen and oxygen atoms in total. The first-order chi connectivity index (χ1) is 12.3. The molecule has 0 radical (unpaired) electrons. The lowest BCUT2D eigenvalue weighted by Gasteiger charge is -2.08. The zero-order valence-electron chi connectivity index (χ0n) is 13.9. The van der Waals surface area contributed by atoms with Crippen molar-refractivity contribution >= 4 is 17.6 Å². The molecule has 3 aromatic rings. The van der Waals surface area contributed by atoms with Crippen molar-refractivity contribution in [2.45, 2.75) is 0 Å². The van der Waals surface area contributed by atoms with Crippen LogP contribution >= 0.6 is 11.3 Å². The third-order valence-corrected chi connectivity index (χ3v) is 4.31. The average Bonchev–Trinajstić information content (AvgIpc) is 3.08. The van der Waals surface area contributed by atoms with Gasteiger partial charge in [0.2, 0.25) is 4.80 Å². The zero-order valence-corrected chi connectivity index (χ0v) is 14.7. The number of benzene rings is 1. The Morgan fingerprint density at radius 3 is 2.80 bits per heavy atom. The predicted molar refractivity (Wildman–Crippen MR) is 102 cm³/mol. The van der Waals surface area contributed by atoms with Crippen molar-refractivity contribution in [3.05, 3.63) is 77.2 Å². The Morgan fingerprint density at radius 1 is 1.24 bits per heavy atom. The minimum absolute atomic E-state index is 0.538. The van der Waals surface area contributed by atoms with Crippen LogP contribution in [-0.4, -0.2) is 29.5 Å². The second-order valence-electron chi connectivity index (χ2n) is 5.07. The third kappa shape index (κ3) is 3.92. The SMILES string of the molecule is C=CCN=c1scc(-c2ccccc2OC)n1N=Cc1ccncc1. The maximum atomic E-state index is 5.49. The van der Waals surface area contributed by atoms with Gasteiger partial charge in [-0.15, -0.1) is 17.9 Å². The Bertz CT molecular complexity index is 941. The van der Waals surface area contributed by atoms with Crippen molar-refractivity contribution in [3.63, 3.8) is 0 Å². The van der Waals surface area contributed by atoms with Gasteiger partial charge in [-0.1, -0.05) is 18.2 Å². The fourth-order valence-electron chi connectivity index (χ4n) is 2.28. The van der Waals surface area contributed by atoms with E-state index in [0.717, 1.165) is 27.4 Å². The highest BCUT2D eigenvalue weighted by Crippen LogP contribution is 2.29. The van der Waals surface area contributed by atoms with Crippen molar-refractivity contribution < 1.29 is 4.74 Å². The zero-order chi connectivity index (χ0) is 17.5. The summed E-state index contributed by atoms with van der Waals surface area (Å²) in [5.41, 5.74) is 2.86. The first-order valence-corrected chi connectivity index (χ1v) is 8.61. The van der Waals surface area contributed by atoms with Gasteiger partial charge in [0.05, 0.1) is 25.6 Å². The van der Waals surface area contributed by atoms with Crippen molar-refractivity contribution in [2.75, 3.05) is 13.7 Å². The van der Waals surface area contributed by atoms with Gasteiger partial charge in [0.15, 0.2) is 0 Å². The highest BCUT2D eigenvalue weighted by molar-refractivity contribution is 7.07. The van der Waals surface area contributed by atoms with Gasteiger partial charge >= 0.3 is 0 Å². The van der Waals surface area contributed by atoms with Crippen molar-refractivity contribution in [1.29, 1.82) is 0 Å². The Balaban J connectivity index is 2.12. The second-order valence-corrected chi connectivity index (χ2v) is 5.91. The van der Waals surface area contributed by atoms with Crippen LogP contribution in [0.5, 0.6) is 5.75 Å². The van der Waals surface area contributed by atoms with E-state index >= 15 is 0 Å². The number of nitrogens with zero attached hydrogens (tertiary/aromatic N) is 4. The predicted octanol–water partition coefficient (Wildman–Crippen LogP) is 3.59. The highest BCUT2D eigenvalue weighted by Gasteiger charge is 2.11. The molecule has 0 spiro atoms. The molecule has 0 N–H and O–H groups in total. The number of hydrogen-bond donors (Lipinski definition) is 0. The lowest BCUT2D eigenvalue weighted by molar-refractivity contribution is 0.416. The van der Waals surface area contributed by atoms with Gasteiger partial charge in [-0.2, -0.15) is 5.10 Å². The lowest BCUT2D eigenvalue weighted by atomic mass is 10.1. The monoisotopic (exact) mass is 350 g/mol. The smallest absolute Gasteiger partial charge is 0.206 e. The van der Waals surface area contributed by atoms with Crippen LogP contribution in [0.25, 0.3) is 11.3 Å². The van der Waals surface area contributed by atoms with Crippen LogP contribution in [0.1, 0.15) is 5.56 Å². The van der Waals surface area contributed by atoms with Crippen LogP contribution in [0.4, 0.5) is 0 Å². The maximum Gasteiger partial charge on any atom is 0.206 e. The summed E-state index contributed by atoms with van der Waals surface area (Å²) in [5.74, 6) is 0.795. The molecule has 0 amide bonds. The summed E-state index contributed by atoms with van der Waals surface area (Å²) in [6, 6.07) is 11.7. The van der Waals surface area contributed by atoms with E-state index in [2.05, 4.69) is 21.7 Å². The molecule has 0 bridgehead atoms. The molecule has 6 heteroatoms. The van der Waals surface area contributed by atoms with Gasteiger partial charge in [0.1, 0.15) is 5.75 Å². The second kappa shape index (κ2) is 8.21. The Kier molecular flexibility index (Phi) is 5.53. The summed E-state index contributed by atoms with van der Waals surface area (Å²) in [4.78, 5) is 9.36. The Hall–Kier alpha value is -2.99. The molecule has 0 saturated carbocycles. The number of rotatable bonds is 6. The van der Waals surface area contributed by atoms with Crippen LogP contribution in [0.15, 0.2) is 76.9 Å². The quantitative estimate of drug-likeness (QED) is 0.504. The lowest BCUT2D eigenvalue weighted by Crippen LogP contribution is -2.12. The number of ether oxygens (including phenoxy) is 1. The molecule has 126 valence electrons. The van der Waals surface area contributed by atoms with E-state index in [1.807, 2.05) is 46.5 Å². The summed E-state index contributed by atoms with van der Waals surface area (Å²) >= 11 is 1.53. The van der Waals surface area contributed by atoms with Crippen LogP contribution in [0.3, 0.4) is 0 Å². The number of thiazole rings is 1. The molecule has 1 aromatic carbocycles. The van der Waals surface area contributed by atoms with Crippen LogP contribution in [0.2, 0.25) is 0 Å². The van der Waals surface area contributed by atoms with Gasteiger partial charge in [0, 0.05) is 23.3 Å². The Labute approximate surface area is 150 Å². The van der Waals surface area contributed by atoms with Gasteiger partial charge < -0.3 is 4.74 Å². The molecule has 0 atom stereocenters. The number of methoxy groups -OCH3 is 1. The molecule has 0 unspecified atom stereocenters. The van der Waals surface area contributed by atoms with Gasteiger partial charge in [-0.25, -0.2) is 4.68 Å². The molecule has 0 aliphatic heterocycles. The fraction of sp³-hybridized carbons (Fsp3) is 0.105. The van der Waals surface area contributed by atoms with E-state index in [9.17, 15) is 0 Å². The summed E-state index contributed by atoms with van der Waals surface area (Å²) in [7, 11) is 1.67. The van der Waals surface area contributed by atoms with Gasteiger partial charge in [0.25, 0.3) is 0 Å². The molecule has 2 aromatic heterocycles. The number of aromatic nitrogens is 2. The molecular formula is C19H18N4OS. The van der Waals surface area contributed by atoms with E-state index in [1.165, 1.54) is 11.3 Å². The van der Waals surface area contributed by atoms with Gasteiger partial charge in [-0.05, 0) is 29.8 Å².